The molecule has 0 unspecified atom stereocenters. The smallest absolute Gasteiger partial charge is 0.280 e. The molecule has 106 valence electrons. The van der Waals surface area contributed by atoms with E-state index in [0.29, 0.717) is 16.8 Å². The molecule has 0 radical (unpaired) electrons. The number of nitrogens with zero attached hydrogens (tertiary/aromatic N) is 4. The molecule has 0 aliphatic heterocycles. The van der Waals surface area contributed by atoms with Gasteiger partial charge in [0.2, 0.25) is 0 Å². The monoisotopic (exact) mass is 348 g/mol. The first-order valence-corrected chi connectivity index (χ1v) is 6.61. The van der Waals surface area contributed by atoms with Crippen molar-refractivity contribution in [3.05, 3.63) is 73.1 Å². The Morgan fingerprint density at radius 3 is 2.67 bits per heavy atom. The van der Waals surface area contributed by atoms with Crippen LogP contribution >= 0.6 is 15.9 Å². The summed E-state index contributed by atoms with van der Waals surface area (Å²) >= 11 is 3.21. The van der Waals surface area contributed by atoms with Gasteiger partial charge in [-0.3, -0.25) is 10.1 Å². The summed E-state index contributed by atoms with van der Waals surface area (Å²) in [4.78, 5) is 12.9. The largest absolute Gasteiger partial charge is 0.488 e. The number of ether oxygens (including phenoxy) is 1. The Kier molecular flexibility index (Phi) is 4.76. The number of azide groups is 1. The Balaban J connectivity index is 2.29. The molecule has 2 aromatic carbocycles. The van der Waals surface area contributed by atoms with E-state index in [1.807, 2.05) is 30.3 Å². The summed E-state index contributed by atoms with van der Waals surface area (Å²) in [6.07, 6.45) is 0. The van der Waals surface area contributed by atoms with Crippen LogP contribution in [0.4, 0.5) is 11.4 Å². The van der Waals surface area contributed by atoms with Gasteiger partial charge in [0, 0.05) is 11.0 Å². The maximum atomic E-state index is 10.9. The van der Waals surface area contributed by atoms with Gasteiger partial charge in [-0.25, -0.2) is 0 Å². The van der Waals surface area contributed by atoms with Crippen LogP contribution in [0.25, 0.3) is 10.4 Å². The fraction of sp³-hybridized carbons (Fsp3) is 0.0769. The summed E-state index contributed by atoms with van der Waals surface area (Å²) in [6, 6.07) is 12.0. The van der Waals surface area contributed by atoms with Crippen molar-refractivity contribution in [3.8, 4) is 5.75 Å². The Bertz CT molecular complexity index is 715. The molecule has 0 fully saturated rings. The van der Waals surface area contributed by atoms with Crippen LogP contribution in [0.3, 0.4) is 0 Å². The van der Waals surface area contributed by atoms with Crippen LogP contribution in [-0.4, -0.2) is 4.92 Å². The van der Waals surface area contributed by atoms with Gasteiger partial charge in [-0.2, -0.15) is 0 Å². The van der Waals surface area contributed by atoms with E-state index < -0.39 is 4.92 Å². The van der Waals surface area contributed by atoms with Crippen molar-refractivity contribution in [1.82, 2.24) is 0 Å². The quantitative estimate of drug-likeness (QED) is 0.253. The number of benzene rings is 2. The van der Waals surface area contributed by atoms with Crippen LogP contribution in [0.1, 0.15) is 5.56 Å². The molecule has 21 heavy (non-hydrogen) atoms. The molecule has 0 bridgehead atoms. The van der Waals surface area contributed by atoms with Crippen LogP contribution in [0, 0.1) is 10.1 Å². The van der Waals surface area contributed by atoms with Crippen molar-refractivity contribution in [3.63, 3.8) is 0 Å². The van der Waals surface area contributed by atoms with E-state index in [2.05, 4.69) is 26.0 Å². The van der Waals surface area contributed by atoms with E-state index in [1.165, 1.54) is 12.1 Å². The van der Waals surface area contributed by atoms with Gasteiger partial charge in [0.05, 0.1) is 9.40 Å². The summed E-state index contributed by atoms with van der Waals surface area (Å²) < 4.78 is 6.01. The number of rotatable bonds is 5. The molecule has 0 heterocycles. The molecule has 8 heteroatoms. The van der Waals surface area contributed by atoms with Gasteiger partial charge in [0.1, 0.15) is 18.0 Å². The Morgan fingerprint density at radius 1 is 1.33 bits per heavy atom. The van der Waals surface area contributed by atoms with Crippen LogP contribution in [0.5, 0.6) is 5.75 Å². The Labute approximate surface area is 128 Å². The lowest BCUT2D eigenvalue weighted by molar-refractivity contribution is -0.384. The first-order valence-electron chi connectivity index (χ1n) is 5.81. The molecule has 0 aromatic heterocycles. The van der Waals surface area contributed by atoms with Crippen molar-refractivity contribution in [2.45, 2.75) is 6.61 Å². The van der Waals surface area contributed by atoms with Gasteiger partial charge in [0.15, 0.2) is 0 Å². The Morgan fingerprint density at radius 2 is 2.05 bits per heavy atom. The zero-order valence-corrected chi connectivity index (χ0v) is 12.2. The van der Waals surface area contributed by atoms with E-state index in [0.717, 1.165) is 5.56 Å². The van der Waals surface area contributed by atoms with Crippen LogP contribution in [-0.2, 0) is 6.61 Å². The Hall–Kier alpha value is -2.57. The summed E-state index contributed by atoms with van der Waals surface area (Å²) in [5.74, 6) is 0.367. The molecular weight excluding hydrogens is 340 g/mol. The highest BCUT2D eigenvalue weighted by Crippen LogP contribution is 2.38. The van der Waals surface area contributed by atoms with E-state index in [4.69, 9.17) is 10.3 Å². The second-order valence-corrected chi connectivity index (χ2v) is 4.85. The standard InChI is InChI=1S/C13H9BrN4O3/c14-10-6-12(18(19)20)11(16-17-15)7-13(10)21-8-9-4-2-1-3-5-9/h1-7H,8H2. The molecule has 2 aromatic rings. The van der Waals surface area contributed by atoms with Crippen molar-refractivity contribution in [2.75, 3.05) is 0 Å². The van der Waals surface area contributed by atoms with Crippen LogP contribution < -0.4 is 4.74 Å². The van der Waals surface area contributed by atoms with Gasteiger partial charge in [-0.15, -0.1) is 0 Å². The average Bonchev–Trinajstić information content (AvgIpc) is 2.48. The van der Waals surface area contributed by atoms with Crippen LogP contribution in [0.15, 0.2) is 52.1 Å². The fourth-order valence-electron chi connectivity index (χ4n) is 1.65. The van der Waals surface area contributed by atoms with E-state index in [9.17, 15) is 10.1 Å². The summed E-state index contributed by atoms with van der Waals surface area (Å²) in [5.41, 5.74) is 9.05. The predicted molar refractivity (Wildman–Crippen MR) is 80.4 cm³/mol. The van der Waals surface area contributed by atoms with Gasteiger partial charge >= 0.3 is 0 Å². The summed E-state index contributed by atoms with van der Waals surface area (Å²) in [5, 5.41) is 14.2. The number of hydrogen-bond acceptors (Lipinski definition) is 4. The predicted octanol–water partition coefficient (Wildman–Crippen LogP) is 4.88. The molecule has 0 aliphatic carbocycles. The molecule has 2 rings (SSSR count). The molecule has 0 aliphatic rings. The molecule has 0 atom stereocenters. The molecule has 0 saturated heterocycles. The summed E-state index contributed by atoms with van der Waals surface area (Å²) in [7, 11) is 0. The zero-order chi connectivity index (χ0) is 15.2. The highest BCUT2D eigenvalue weighted by atomic mass is 79.9. The minimum atomic E-state index is -0.615. The lowest BCUT2D eigenvalue weighted by Gasteiger charge is -2.09. The van der Waals surface area contributed by atoms with Gasteiger partial charge < -0.3 is 4.74 Å². The van der Waals surface area contributed by atoms with Gasteiger partial charge in [0.25, 0.3) is 5.69 Å². The lowest BCUT2D eigenvalue weighted by Crippen LogP contribution is -1.97. The minimum absolute atomic E-state index is 0.0891. The second-order valence-electron chi connectivity index (χ2n) is 3.99. The number of nitro groups is 1. The number of halogens is 1. The molecule has 0 spiro atoms. The first-order chi connectivity index (χ1) is 10.1. The topological polar surface area (TPSA) is 101 Å². The second kappa shape index (κ2) is 6.74. The van der Waals surface area contributed by atoms with Crippen molar-refractivity contribution >= 4 is 27.3 Å². The minimum Gasteiger partial charge on any atom is -0.488 e. The van der Waals surface area contributed by atoms with Gasteiger partial charge in [-0.1, -0.05) is 35.4 Å². The average molecular weight is 349 g/mol. The maximum absolute atomic E-state index is 10.9. The van der Waals surface area contributed by atoms with E-state index in [-0.39, 0.29) is 11.4 Å². The fourth-order valence-corrected chi connectivity index (χ4v) is 2.10. The first kappa shape index (κ1) is 14.8. The maximum Gasteiger partial charge on any atom is 0.280 e. The lowest BCUT2D eigenvalue weighted by atomic mass is 10.2. The molecule has 0 N–H and O–H groups in total. The third-order valence-corrected chi connectivity index (χ3v) is 3.24. The van der Waals surface area contributed by atoms with E-state index in [1.54, 1.807) is 0 Å². The van der Waals surface area contributed by atoms with Crippen molar-refractivity contribution in [1.29, 1.82) is 0 Å². The van der Waals surface area contributed by atoms with E-state index >= 15 is 0 Å². The molecule has 0 saturated carbocycles. The van der Waals surface area contributed by atoms with Crippen LogP contribution in [0.2, 0.25) is 0 Å². The SMILES string of the molecule is [N-]=[N+]=Nc1cc(OCc2ccccc2)c(Br)cc1[N+](=O)[O-]. The van der Waals surface area contributed by atoms with Gasteiger partial charge in [-0.05, 0) is 33.1 Å². The molecule has 0 amide bonds. The number of nitro benzene ring substituents is 1. The summed E-state index contributed by atoms with van der Waals surface area (Å²) in [6.45, 7) is 0.299. The zero-order valence-electron chi connectivity index (χ0n) is 10.6. The molecule has 7 nitrogen and oxygen atoms in total. The van der Waals surface area contributed by atoms with Crippen molar-refractivity contribution < 1.29 is 9.66 Å². The number of hydrogen-bond donors (Lipinski definition) is 0. The van der Waals surface area contributed by atoms with Crippen molar-refractivity contribution in [2.24, 2.45) is 5.11 Å². The molecular formula is C13H9BrN4O3. The third-order valence-electron chi connectivity index (χ3n) is 2.62. The highest BCUT2D eigenvalue weighted by molar-refractivity contribution is 9.10. The normalized spacial score (nSPS) is 9.76. The highest BCUT2D eigenvalue weighted by Gasteiger charge is 2.17. The third kappa shape index (κ3) is 3.71.